The smallest absolute Gasteiger partial charge is 0.127 e. The molecule has 0 saturated carbocycles. The fraction of sp³-hybridized carbons (Fsp3) is 0.625. The van der Waals surface area contributed by atoms with Crippen molar-refractivity contribution in [2.75, 3.05) is 27.9 Å². The number of methoxy groups -OCH3 is 3. The van der Waals surface area contributed by atoms with Gasteiger partial charge in [-0.3, -0.25) is 0 Å². The molecule has 0 fully saturated rings. The summed E-state index contributed by atoms with van der Waals surface area (Å²) in [5.74, 6) is 1.70. The molecule has 0 radical (unpaired) electrons. The van der Waals surface area contributed by atoms with E-state index in [9.17, 15) is 0 Å². The molecule has 4 heteroatoms. The molecule has 2 unspecified atom stereocenters. The summed E-state index contributed by atoms with van der Waals surface area (Å²) in [7, 11) is 5.12. The highest BCUT2D eigenvalue weighted by molar-refractivity contribution is 5.47. The summed E-state index contributed by atoms with van der Waals surface area (Å²) in [5, 5.41) is 3.56. The summed E-state index contributed by atoms with van der Waals surface area (Å²) in [4.78, 5) is 0. The number of benzene rings is 1. The second-order valence-corrected chi connectivity index (χ2v) is 4.86. The van der Waals surface area contributed by atoms with Gasteiger partial charge in [0, 0.05) is 13.2 Å². The summed E-state index contributed by atoms with van der Waals surface area (Å²) < 4.78 is 16.4. The second kappa shape index (κ2) is 8.82. The van der Waals surface area contributed by atoms with Crippen molar-refractivity contribution in [2.45, 2.75) is 38.8 Å². The van der Waals surface area contributed by atoms with E-state index in [0.717, 1.165) is 36.4 Å². The Kier molecular flexibility index (Phi) is 7.41. The van der Waals surface area contributed by atoms with E-state index in [4.69, 9.17) is 14.2 Å². The van der Waals surface area contributed by atoms with E-state index in [1.165, 1.54) is 0 Å². The fourth-order valence-corrected chi connectivity index (χ4v) is 2.27. The molecule has 0 aliphatic rings. The molecular formula is C16H27NO3. The highest BCUT2D eigenvalue weighted by atomic mass is 16.5. The van der Waals surface area contributed by atoms with Gasteiger partial charge in [-0.05, 0) is 38.4 Å². The second-order valence-electron chi connectivity index (χ2n) is 4.86. The summed E-state index contributed by atoms with van der Waals surface area (Å²) in [5.41, 5.74) is 1.06. The standard InChI is InChI=1S/C16H27NO3/c1-6-10-17-13(11-12(2)18-3)16-14(19-4)8-7-9-15(16)20-5/h7-9,12-13,17H,6,10-11H2,1-5H3. The van der Waals surface area contributed by atoms with Crippen LogP contribution in [0.3, 0.4) is 0 Å². The molecule has 0 heterocycles. The third-order valence-electron chi connectivity index (χ3n) is 3.43. The van der Waals surface area contributed by atoms with E-state index in [1.54, 1.807) is 21.3 Å². The van der Waals surface area contributed by atoms with Crippen LogP contribution >= 0.6 is 0 Å². The molecule has 0 aromatic heterocycles. The van der Waals surface area contributed by atoms with E-state index in [1.807, 2.05) is 18.2 Å². The summed E-state index contributed by atoms with van der Waals surface area (Å²) in [6.07, 6.45) is 2.11. The maximum absolute atomic E-state index is 5.50. The molecule has 0 amide bonds. The Balaban J connectivity index is 3.09. The van der Waals surface area contributed by atoms with Gasteiger partial charge in [-0.2, -0.15) is 0 Å². The predicted molar refractivity (Wildman–Crippen MR) is 81.7 cm³/mol. The highest BCUT2D eigenvalue weighted by Gasteiger charge is 2.22. The number of hydrogen-bond acceptors (Lipinski definition) is 4. The maximum Gasteiger partial charge on any atom is 0.127 e. The van der Waals surface area contributed by atoms with Crippen molar-refractivity contribution in [3.05, 3.63) is 23.8 Å². The normalized spacial score (nSPS) is 13.8. The first kappa shape index (κ1) is 16.8. The van der Waals surface area contributed by atoms with Gasteiger partial charge in [0.1, 0.15) is 11.5 Å². The summed E-state index contributed by atoms with van der Waals surface area (Å²) >= 11 is 0. The van der Waals surface area contributed by atoms with Crippen molar-refractivity contribution in [2.24, 2.45) is 0 Å². The molecule has 1 rings (SSSR count). The van der Waals surface area contributed by atoms with Crippen molar-refractivity contribution in [3.63, 3.8) is 0 Å². The van der Waals surface area contributed by atoms with Crippen LogP contribution in [0.5, 0.6) is 11.5 Å². The van der Waals surface area contributed by atoms with Gasteiger partial charge in [0.05, 0.1) is 25.9 Å². The SMILES string of the molecule is CCCNC(CC(C)OC)c1c(OC)cccc1OC. The lowest BCUT2D eigenvalue weighted by atomic mass is 9.98. The first-order chi connectivity index (χ1) is 9.67. The molecule has 1 aromatic carbocycles. The molecule has 0 aliphatic carbocycles. The lowest BCUT2D eigenvalue weighted by molar-refractivity contribution is 0.0997. The third-order valence-corrected chi connectivity index (χ3v) is 3.43. The lowest BCUT2D eigenvalue weighted by Gasteiger charge is -2.25. The van der Waals surface area contributed by atoms with Crippen molar-refractivity contribution < 1.29 is 14.2 Å². The molecule has 1 N–H and O–H groups in total. The molecule has 0 bridgehead atoms. The van der Waals surface area contributed by atoms with E-state index in [-0.39, 0.29) is 12.1 Å². The molecule has 20 heavy (non-hydrogen) atoms. The Morgan fingerprint density at radius 1 is 1.10 bits per heavy atom. The average molecular weight is 281 g/mol. The van der Waals surface area contributed by atoms with Crippen molar-refractivity contribution >= 4 is 0 Å². The molecular weight excluding hydrogens is 254 g/mol. The topological polar surface area (TPSA) is 39.7 Å². The Morgan fingerprint density at radius 3 is 2.15 bits per heavy atom. The molecule has 0 spiro atoms. The van der Waals surface area contributed by atoms with Crippen molar-refractivity contribution in [1.29, 1.82) is 0 Å². The average Bonchev–Trinajstić information content (AvgIpc) is 2.50. The minimum atomic E-state index is 0.149. The molecule has 2 atom stereocenters. The minimum Gasteiger partial charge on any atom is -0.496 e. The van der Waals surface area contributed by atoms with E-state index < -0.39 is 0 Å². The van der Waals surface area contributed by atoms with Gasteiger partial charge in [-0.25, -0.2) is 0 Å². The van der Waals surface area contributed by atoms with Crippen LogP contribution in [-0.4, -0.2) is 34.0 Å². The zero-order valence-electron chi connectivity index (χ0n) is 13.2. The van der Waals surface area contributed by atoms with Gasteiger partial charge in [0.2, 0.25) is 0 Å². The van der Waals surface area contributed by atoms with Crippen LogP contribution in [0.4, 0.5) is 0 Å². The van der Waals surface area contributed by atoms with E-state index >= 15 is 0 Å². The molecule has 4 nitrogen and oxygen atoms in total. The van der Waals surface area contributed by atoms with Crippen LogP contribution < -0.4 is 14.8 Å². The Morgan fingerprint density at radius 2 is 1.70 bits per heavy atom. The number of hydrogen-bond donors (Lipinski definition) is 1. The Bertz CT molecular complexity index is 373. The predicted octanol–water partition coefficient (Wildman–Crippen LogP) is 3.17. The molecule has 114 valence electrons. The van der Waals surface area contributed by atoms with Gasteiger partial charge in [-0.1, -0.05) is 13.0 Å². The number of nitrogens with one attached hydrogen (secondary N) is 1. The van der Waals surface area contributed by atoms with Gasteiger partial charge in [0.25, 0.3) is 0 Å². The first-order valence-electron chi connectivity index (χ1n) is 7.14. The summed E-state index contributed by atoms with van der Waals surface area (Å²) in [6.45, 7) is 5.17. The van der Waals surface area contributed by atoms with Crippen LogP contribution in [-0.2, 0) is 4.74 Å². The third kappa shape index (κ3) is 4.39. The monoisotopic (exact) mass is 281 g/mol. The maximum atomic E-state index is 5.50. The van der Waals surface area contributed by atoms with Crippen LogP contribution in [0.15, 0.2) is 18.2 Å². The highest BCUT2D eigenvalue weighted by Crippen LogP contribution is 2.36. The van der Waals surface area contributed by atoms with E-state index in [0.29, 0.717) is 0 Å². The largest absolute Gasteiger partial charge is 0.496 e. The van der Waals surface area contributed by atoms with Gasteiger partial charge < -0.3 is 19.5 Å². The number of ether oxygens (including phenoxy) is 3. The van der Waals surface area contributed by atoms with Crippen LogP contribution in [0, 0.1) is 0 Å². The summed E-state index contributed by atoms with van der Waals surface area (Å²) in [6, 6.07) is 6.03. The van der Waals surface area contributed by atoms with Crippen LogP contribution in [0.1, 0.15) is 38.3 Å². The van der Waals surface area contributed by atoms with Crippen LogP contribution in [0.2, 0.25) is 0 Å². The lowest BCUT2D eigenvalue weighted by Crippen LogP contribution is -2.27. The van der Waals surface area contributed by atoms with Gasteiger partial charge >= 0.3 is 0 Å². The quantitative estimate of drug-likeness (QED) is 0.754. The fourth-order valence-electron chi connectivity index (χ4n) is 2.27. The zero-order valence-corrected chi connectivity index (χ0v) is 13.2. The van der Waals surface area contributed by atoms with E-state index in [2.05, 4.69) is 19.2 Å². The van der Waals surface area contributed by atoms with Crippen molar-refractivity contribution in [1.82, 2.24) is 5.32 Å². The molecule has 0 aliphatic heterocycles. The zero-order chi connectivity index (χ0) is 15.0. The Hall–Kier alpha value is -1.26. The number of rotatable bonds is 9. The van der Waals surface area contributed by atoms with Crippen molar-refractivity contribution in [3.8, 4) is 11.5 Å². The molecule has 1 aromatic rings. The first-order valence-corrected chi connectivity index (χ1v) is 7.14. The van der Waals surface area contributed by atoms with Gasteiger partial charge in [0.15, 0.2) is 0 Å². The minimum absolute atomic E-state index is 0.149. The van der Waals surface area contributed by atoms with Gasteiger partial charge in [-0.15, -0.1) is 0 Å². The Labute approximate surface area is 122 Å². The van der Waals surface area contributed by atoms with Crippen LogP contribution in [0.25, 0.3) is 0 Å². The molecule has 0 saturated heterocycles.